The number of carbonyl (C=O) groups is 1. The first kappa shape index (κ1) is 14.8. The number of amides is 1. The van der Waals surface area contributed by atoms with E-state index in [-0.39, 0.29) is 0 Å². The average molecular weight is 299 g/mol. The molecule has 5 nitrogen and oxygen atoms in total. The normalized spacial score (nSPS) is 16.1. The first-order valence-electron chi connectivity index (χ1n) is 7.60. The number of hydrogen-bond donors (Lipinski definition) is 1. The number of methoxy groups -OCH3 is 1. The summed E-state index contributed by atoms with van der Waals surface area (Å²) >= 11 is 0. The van der Waals surface area contributed by atoms with Crippen LogP contribution in [0.25, 0.3) is 10.8 Å². The van der Waals surface area contributed by atoms with Crippen molar-refractivity contribution in [3.8, 4) is 0 Å². The fourth-order valence-corrected chi connectivity index (χ4v) is 3.13. The molecule has 1 fully saturated rings. The van der Waals surface area contributed by atoms with E-state index in [1.165, 1.54) is 0 Å². The number of aromatic nitrogens is 1. The topological polar surface area (TPSA) is 68.4 Å². The summed E-state index contributed by atoms with van der Waals surface area (Å²) in [6, 6.07) is 5.53. The lowest BCUT2D eigenvalue weighted by atomic mass is 9.97. The molecule has 1 amide bonds. The molecule has 0 aliphatic carbocycles. The Bertz CT molecular complexity index is 679. The number of anilines is 1. The Morgan fingerprint density at radius 3 is 2.82 bits per heavy atom. The molecule has 1 saturated heterocycles. The van der Waals surface area contributed by atoms with E-state index in [0.29, 0.717) is 11.5 Å². The maximum Gasteiger partial charge on any atom is 0.248 e. The first-order chi connectivity index (χ1) is 10.7. The van der Waals surface area contributed by atoms with Crippen LogP contribution in [0.2, 0.25) is 0 Å². The number of primary amides is 1. The third kappa shape index (κ3) is 2.90. The molecular weight excluding hydrogens is 278 g/mol. The molecule has 2 aromatic rings. The lowest BCUT2D eigenvalue weighted by Gasteiger charge is -2.33. The van der Waals surface area contributed by atoms with Crippen molar-refractivity contribution in [3.63, 3.8) is 0 Å². The molecule has 1 aliphatic rings. The van der Waals surface area contributed by atoms with Crippen LogP contribution in [-0.4, -0.2) is 37.7 Å². The van der Waals surface area contributed by atoms with Gasteiger partial charge in [-0.15, -0.1) is 0 Å². The SMILES string of the molecule is COCC1CCN(c2cncc3ccc(C(N)=O)cc23)CC1. The van der Waals surface area contributed by atoms with Crippen LogP contribution in [-0.2, 0) is 4.74 Å². The smallest absolute Gasteiger partial charge is 0.248 e. The van der Waals surface area contributed by atoms with E-state index in [2.05, 4.69) is 9.88 Å². The van der Waals surface area contributed by atoms with E-state index in [4.69, 9.17) is 10.5 Å². The number of nitrogens with zero attached hydrogens (tertiary/aromatic N) is 2. The summed E-state index contributed by atoms with van der Waals surface area (Å²) in [5.74, 6) is 0.230. The van der Waals surface area contributed by atoms with Crippen molar-refractivity contribution in [2.24, 2.45) is 11.7 Å². The van der Waals surface area contributed by atoms with E-state index in [1.54, 1.807) is 13.2 Å². The maximum absolute atomic E-state index is 11.4. The number of ether oxygens (including phenoxy) is 1. The van der Waals surface area contributed by atoms with Crippen LogP contribution >= 0.6 is 0 Å². The van der Waals surface area contributed by atoms with Crippen LogP contribution in [0.4, 0.5) is 5.69 Å². The van der Waals surface area contributed by atoms with Crippen LogP contribution < -0.4 is 10.6 Å². The van der Waals surface area contributed by atoms with E-state index in [1.807, 2.05) is 24.5 Å². The molecule has 0 spiro atoms. The van der Waals surface area contributed by atoms with Gasteiger partial charge in [0.1, 0.15) is 0 Å². The fraction of sp³-hybridized carbons (Fsp3) is 0.412. The molecule has 0 unspecified atom stereocenters. The van der Waals surface area contributed by atoms with Gasteiger partial charge in [0.2, 0.25) is 5.91 Å². The standard InChI is InChI=1S/C17H21N3O2/c1-22-11-12-4-6-20(7-5-12)16-10-19-9-14-3-2-13(17(18)21)8-15(14)16/h2-3,8-10,12H,4-7,11H2,1H3,(H2,18,21). The van der Waals surface area contributed by atoms with Crippen molar-refractivity contribution in [1.29, 1.82) is 0 Å². The third-order valence-corrected chi connectivity index (χ3v) is 4.38. The minimum Gasteiger partial charge on any atom is -0.384 e. The molecule has 1 aliphatic heterocycles. The molecule has 0 atom stereocenters. The van der Waals surface area contributed by atoms with Gasteiger partial charge in [0.05, 0.1) is 11.9 Å². The zero-order valence-electron chi connectivity index (χ0n) is 12.8. The second-order valence-corrected chi connectivity index (χ2v) is 5.84. The Balaban J connectivity index is 1.90. The van der Waals surface area contributed by atoms with Gasteiger partial charge in [0, 0.05) is 49.3 Å². The van der Waals surface area contributed by atoms with Crippen molar-refractivity contribution >= 4 is 22.4 Å². The summed E-state index contributed by atoms with van der Waals surface area (Å²) in [7, 11) is 1.76. The first-order valence-corrected chi connectivity index (χ1v) is 7.60. The van der Waals surface area contributed by atoms with E-state index in [9.17, 15) is 4.79 Å². The van der Waals surface area contributed by atoms with Crippen molar-refractivity contribution in [1.82, 2.24) is 4.98 Å². The fourth-order valence-electron chi connectivity index (χ4n) is 3.13. The van der Waals surface area contributed by atoms with E-state index >= 15 is 0 Å². The molecule has 0 radical (unpaired) electrons. The lowest BCUT2D eigenvalue weighted by Crippen LogP contribution is -2.35. The van der Waals surface area contributed by atoms with Gasteiger partial charge in [-0.2, -0.15) is 0 Å². The molecule has 3 rings (SSSR count). The largest absolute Gasteiger partial charge is 0.384 e. The van der Waals surface area contributed by atoms with Crippen molar-refractivity contribution < 1.29 is 9.53 Å². The van der Waals surface area contributed by atoms with Gasteiger partial charge >= 0.3 is 0 Å². The highest BCUT2D eigenvalue weighted by Crippen LogP contribution is 2.30. The number of rotatable bonds is 4. The zero-order valence-corrected chi connectivity index (χ0v) is 12.8. The molecule has 0 bridgehead atoms. The number of nitrogens with two attached hydrogens (primary N) is 1. The number of carbonyl (C=O) groups excluding carboxylic acids is 1. The Kier molecular flexibility index (Phi) is 4.24. The molecular formula is C17H21N3O2. The minimum absolute atomic E-state index is 0.400. The van der Waals surface area contributed by atoms with Crippen LogP contribution in [0, 0.1) is 5.92 Å². The predicted molar refractivity (Wildman–Crippen MR) is 87.1 cm³/mol. The van der Waals surface area contributed by atoms with Gasteiger partial charge in [0.15, 0.2) is 0 Å². The van der Waals surface area contributed by atoms with Crippen molar-refractivity contribution in [2.75, 3.05) is 31.7 Å². The highest BCUT2D eigenvalue weighted by Gasteiger charge is 2.21. The lowest BCUT2D eigenvalue weighted by molar-refractivity contribution is 0.100. The number of fused-ring (bicyclic) bond motifs is 1. The number of piperidine rings is 1. The van der Waals surface area contributed by atoms with Gasteiger partial charge in [0.25, 0.3) is 0 Å². The Labute approximate surface area is 130 Å². The molecule has 1 aromatic carbocycles. The Hall–Kier alpha value is -2.14. The molecule has 2 N–H and O–H groups in total. The van der Waals surface area contributed by atoms with Gasteiger partial charge in [-0.25, -0.2) is 0 Å². The molecule has 116 valence electrons. The second-order valence-electron chi connectivity index (χ2n) is 5.84. The quantitative estimate of drug-likeness (QED) is 0.939. The van der Waals surface area contributed by atoms with Crippen molar-refractivity contribution in [3.05, 3.63) is 36.2 Å². The summed E-state index contributed by atoms with van der Waals surface area (Å²) in [4.78, 5) is 18.1. The second kappa shape index (κ2) is 6.32. The number of pyridine rings is 1. The zero-order chi connectivity index (χ0) is 15.5. The highest BCUT2D eigenvalue weighted by molar-refractivity contribution is 6.01. The summed E-state index contributed by atoms with van der Waals surface area (Å²) in [5, 5.41) is 2.07. The number of hydrogen-bond acceptors (Lipinski definition) is 4. The van der Waals surface area contributed by atoms with Crippen LogP contribution in [0.5, 0.6) is 0 Å². The summed E-state index contributed by atoms with van der Waals surface area (Å²) < 4.78 is 5.25. The number of benzene rings is 1. The molecule has 22 heavy (non-hydrogen) atoms. The van der Waals surface area contributed by atoms with Gasteiger partial charge in [-0.05, 0) is 30.9 Å². The van der Waals surface area contributed by atoms with E-state index in [0.717, 1.165) is 49.0 Å². The Morgan fingerprint density at radius 1 is 1.36 bits per heavy atom. The van der Waals surface area contributed by atoms with Gasteiger partial charge in [-0.1, -0.05) is 6.07 Å². The van der Waals surface area contributed by atoms with E-state index < -0.39 is 5.91 Å². The van der Waals surface area contributed by atoms with Crippen LogP contribution in [0.15, 0.2) is 30.6 Å². The molecule has 1 aromatic heterocycles. The van der Waals surface area contributed by atoms with Gasteiger partial charge in [-0.3, -0.25) is 9.78 Å². The highest BCUT2D eigenvalue weighted by atomic mass is 16.5. The predicted octanol–water partition coefficient (Wildman–Crippen LogP) is 2.20. The average Bonchev–Trinajstić information content (AvgIpc) is 2.55. The maximum atomic E-state index is 11.4. The minimum atomic E-state index is -0.400. The van der Waals surface area contributed by atoms with Crippen LogP contribution in [0.1, 0.15) is 23.2 Å². The Morgan fingerprint density at radius 2 is 2.14 bits per heavy atom. The molecule has 2 heterocycles. The molecule has 0 saturated carbocycles. The molecule has 5 heteroatoms. The monoisotopic (exact) mass is 299 g/mol. The van der Waals surface area contributed by atoms with Crippen molar-refractivity contribution in [2.45, 2.75) is 12.8 Å². The third-order valence-electron chi connectivity index (χ3n) is 4.38. The summed E-state index contributed by atoms with van der Waals surface area (Å²) in [6.45, 7) is 2.79. The van der Waals surface area contributed by atoms with Crippen LogP contribution in [0.3, 0.4) is 0 Å². The summed E-state index contributed by atoms with van der Waals surface area (Å²) in [5.41, 5.74) is 7.02. The van der Waals surface area contributed by atoms with Gasteiger partial charge < -0.3 is 15.4 Å². The summed E-state index contributed by atoms with van der Waals surface area (Å²) in [6.07, 6.45) is 5.92.